The number of rotatable bonds is 5. The molecule has 6 nitrogen and oxygen atoms in total. The predicted molar refractivity (Wildman–Crippen MR) is 194 cm³/mol. The molecule has 232 valence electrons. The molecule has 4 aliphatic rings. The van der Waals surface area contributed by atoms with Gasteiger partial charge in [-0.25, -0.2) is 0 Å². The van der Waals surface area contributed by atoms with Crippen LogP contribution in [0.3, 0.4) is 0 Å². The van der Waals surface area contributed by atoms with Crippen LogP contribution in [-0.2, 0) is 135 Å². The number of hydrogen-bond acceptors (Lipinski definition) is 10. The highest BCUT2D eigenvalue weighted by atomic mass is 33.3. The van der Waals surface area contributed by atoms with E-state index in [4.69, 9.17) is 18.9 Å². The lowest BCUT2D eigenvalue weighted by Crippen LogP contribution is -2.22. The molecule has 0 bridgehead atoms. The standard InChI is InChI=1S/C12H18O3.C12H16O3.S6.S5/c2*1-3-9-8(2)6-11(13)10(9)7-12-14-4-5-15-12;1-3-5-6-4-2;1-3-5-4-2/h3,8-10,12H,1,4-7H2,2H3;3,7-9,12H,1,4-6H2,2H3;;/b;10-7-;;/t8-,9+,10-;8-,9+;;/m11../s1. The summed E-state index contributed by atoms with van der Waals surface area (Å²) < 4.78 is 21.4. The van der Waals surface area contributed by atoms with Crippen LogP contribution in [0.4, 0.5) is 0 Å². The van der Waals surface area contributed by atoms with Crippen molar-refractivity contribution in [1.29, 1.82) is 0 Å². The molecule has 0 spiro atoms. The summed E-state index contributed by atoms with van der Waals surface area (Å²) in [5.74, 6) is 1.82. The minimum absolute atomic E-state index is 0.0561. The van der Waals surface area contributed by atoms with E-state index in [-0.39, 0.29) is 30.2 Å². The fourth-order valence-electron chi connectivity index (χ4n) is 4.90. The fourth-order valence-corrected chi connectivity index (χ4v) is 13.1. The fraction of sp³-hybridized carbons (Fsp3) is 0.667. The quantitative estimate of drug-likeness (QED) is 0.307. The van der Waals surface area contributed by atoms with Gasteiger partial charge in [-0.3, -0.25) is 9.59 Å². The molecule has 17 heteroatoms. The molecule has 0 N–H and O–H groups in total. The van der Waals surface area contributed by atoms with Gasteiger partial charge in [0, 0.05) is 144 Å². The van der Waals surface area contributed by atoms with E-state index in [9.17, 15) is 9.59 Å². The summed E-state index contributed by atoms with van der Waals surface area (Å²) in [7, 11) is 9.58. The monoisotopic (exact) mass is 770 g/mol. The molecule has 2 aliphatic heterocycles. The first-order valence-electron chi connectivity index (χ1n) is 12.4. The van der Waals surface area contributed by atoms with Crippen LogP contribution in [0.25, 0.3) is 0 Å². The first kappa shape index (κ1) is 39.8. The van der Waals surface area contributed by atoms with Gasteiger partial charge in [-0.05, 0) is 23.8 Å². The van der Waals surface area contributed by atoms with Crippen LogP contribution >= 0.6 is 0 Å². The highest BCUT2D eigenvalue weighted by Gasteiger charge is 2.40. The molecule has 0 radical (unpaired) electrons. The maximum absolute atomic E-state index is 11.8. The van der Waals surface area contributed by atoms with Crippen molar-refractivity contribution in [3.8, 4) is 0 Å². The Morgan fingerprint density at radius 2 is 1.32 bits per heavy atom. The Balaban J connectivity index is 0.000000304. The van der Waals surface area contributed by atoms with E-state index < -0.39 is 0 Å². The molecular weight excluding hydrogens is 737 g/mol. The van der Waals surface area contributed by atoms with Crippen molar-refractivity contribution in [2.75, 3.05) is 26.4 Å². The van der Waals surface area contributed by atoms with Crippen LogP contribution in [0.15, 0.2) is 37.0 Å². The molecule has 0 aromatic carbocycles. The Kier molecular flexibility index (Phi) is 23.4. The Morgan fingerprint density at radius 1 is 0.780 bits per heavy atom. The second kappa shape index (κ2) is 24.1. The summed E-state index contributed by atoms with van der Waals surface area (Å²) >= 11 is 17.9. The maximum Gasteiger partial charge on any atom is 0.177 e. The summed E-state index contributed by atoms with van der Waals surface area (Å²) in [4.78, 5) is 23.5. The highest BCUT2D eigenvalue weighted by molar-refractivity contribution is 8.64. The van der Waals surface area contributed by atoms with Gasteiger partial charge in [-0.2, -0.15) is 0 Å². The number of carbonyl (C=O) groups excluding carboxylic acids is 2. The zero-order chi connectivity index (χ0) is 30.6. The van der Waals surface area contributed by atoms with Gasteiger partial charge in [0.2, 0.25) is 0 Å². The molecule has 0 unspecified atom stereocenters. The smallest absolute Gasteiger partial charge is 0.177 e. The van der Waals surface area contributed by atoms with Crippen LogP contribution < -0.4 is 0 Å². The molecule has 2 aliphatic carbocycles. The van der Waals surface area contributed by atoms with E-state index in [2.05, 4.69) is 71.8 Å². The molecule has 4 fully saturated rings. The average Bonchev–Trinajstić information content (AvgIpc) is 3.75. The molecular formula is C24H34O6S11. The molecule has 0 aromatic heterocycles. The predicted octanol–water partition coefficient (Wildman–Crippen LogP) is 3.45. The SMILES string of the molecule is C=C[C@@H]1/C(=C/C2OCCO2)C(=O)C[C@H]1C.C=C[C@H]1[C@H](C)CC(=O)[C@@H]1CC1OCCO1.S=S=S=S=S.S=S=S=S=S=S. The molecule has 0 amide bonds. The number of allylic oxidation sites excluding steroid dienone is 3. The Labute approximate surface area is 282 Å². The minimum atomic E-state index is -0.336. The number of ketones is 2. The summed E-state index contributed by atoms with van der Waals surface area (Å²) in [5, 5.41) is 0. The summed E-state index contributed by atoms with van der Waals surface area (Å²) in [6.45, 7) is 14.3. The number of Topliss-reactive ketones (excluding diaryl/α,β-unsaturated/α-hetero) is 2. The average molecular weight is 771 g/mol. The minimum Gasteiger partial charge on any atom is -0.350 e. The van der Waals surface area contributed by atoms with E-state index >= 15 is 0 Å². The Bertz CT molecular complexity index is 1190. The largest absolute Gasteiger partial charge is 0.350 e. The topological polar surface area (TPSA) is 71.1 Å². The van der Waals surface area contributed by atoms with Gasteiger partial charge in [0.15, 0.2) is 18.4 Å². The van der Waals surface area contributed by atoms with Crippen molar-refractivity contribution in [3.63, 3.8) is 0 Å². The maximum atomic E-state index is 11.8. The van der Waals surface area contributed by atoms with E-state index in [0.29, 0.717) is 69.2 Å². The van der Waals surface area contributed by atoms with Gasteiger partial charge in [0.05, 0.1) is 26.4 Å². The summed E-state index contributed by atoms with van der Waals surface area (Å²) in [6, 6.07) is 0. The Hall–Kier alpha value is 0.820. The van der Waals surface area contributed by atoms with Crippen molar-refractivity contribution in [3.05, 3.63) is 37.0 Å². The number of hydrogen-bond donors (Lipinski definition) is 0. The molecule has 2 saturated heterocycles. The van der Waals surface area contributed by atoms with Crippen molar-refractivity contribution in [2.24, 2.45) is 29.6 Å². The summed E-state index contributed by atoms with van der Waals surface area (Å²) in [5.41, 5.74) is 0.810. The van der Waals surface area contributed by atoms with Gasteiger partial charge in [-0.1, -0.05) is 26.0 Å². The van der Waals surface area contributed by atoms with Crippen molar-refractivity contribution >= 4 is 118 Å². The van der Waals surface area contributed by atoms with Crippen LogP contribution in [0, 0.1) is 29.6 Å². The third kappa shape index (κ3) is 15.1. The van der Waals surface area contributed by atoms with E-state index in [1.165, 1.54) is 62.2 Å². The lowest BCUT2D eigenvalue weighted by molar-refractivity contribution is -0.125. The molecule has 2 saturated carbocycles. The molecule has 0 aromatic rings. The van der Waals surface area contributed by atoms with Crippen molar-refractivity contribution in [1.82, 2.24) is 0 Å². The van der Waals surface area contributed by atoms with Gasteiger partial charge < -0.3 is 18.9 Å². The first-order chi connectivity index (χ1) is 19.8. The van der Waals surface area contributed by atoms with Crippen LogP contribution in [-0.4, -0.2) is 50.6 Å². The van der Waals surface area contributed by atoms with E-state index in [1.807, 2.05) is 18.2 Å². The van der Waals surface area contributed by atoms with E-state index in [0.717, 1.165) is 5.57 Å². The normalized spacial score (nSPS) is 28.1. The summed E-state index contributed by atoms with van der Waals surface area (Å²) in [6.07, 6.45) is 7.03. The van der Waals surface area contributed by atoms with Crippen LogP contribution in [0.1, 0.15) is 33.1 Å². The third-order valence-electron chi connectivity index (χ3n) is 6.63. The molecule has 5 atom stereocenters. The van der Waals surface area contributed by atoms with Gasteiger partial charge >= 0.3 is 0 Å². The molecule has 4 rings (SSSR count). The van der Waals surface area contributed by atoms with Crippen LogP contribution in [0.2, 0.25) is 0 Å². The van der Waals surface area contributed by atoms with Gasteiger partial charge in [0.1, 0.15) is 5.78 Å². The van der Waals surface area contributed by atoms with Crippen LogP contribution in [0.5, 0.6) is 0 Å². The zero-order valence-electron chi connectivity index (χ0n) is 22.6. The lowest BCUT2D eigenvalue weighted by atomic mass is 9.88. The third-order valence-corrected chi connectivity index (χ3v) is 17.7. The molecule has 2 heterocycles. The second-order valence-electron chi connectivity index (χ2n) is 9.05. The van der Waals surface area contributed by atoms with Gasteiger partial charge in [0.25, 0.3) is 0 Å². The lowest BCUT2D eigenvalue weighted by Gasteiger charge is -2.20. The van der Waals surface area contributed by atoms with Crippen molar-refractivity contribution < 1.29 is 28.5 Å². The first-order valence-corrected chi connectivity index (χ1v) is 24.4. The zero-order valence-corrected chi connectivity index (χ0v) is 31.6. The number of carbonyl (C=O) groups is 2. The molecule has 41 heavy (non-hydrogen) atoms. The van der Waals surface area contributed by atoms with Gasteiger partial charge in [-0.15, -0.1) is 13.2 Å². The highest BCUT2D eigenvalue weighted by Crippen LogP contribution is 2.38. The Morgan fingerprint density at radius 3 is 1.78 bits per heavy atom. The second-order valence-corrected chi connectivity index (χ2v) is 21.4. The van der Waals surface area contributed by atoms with E-state index in [1.54, 1.807) is 0 Å². The van der Waals surface area contributed by atoms with Crippen molar-refractivity contribution in [2.45, 2.75) is 45.7 Å². The number of ether oxygens (including phenoxy) is 4.